The van der Waals surface area contributed by atoms with Crippen molar-refractivity contribution in [1.29, 1.82) is 0 Å². The van der Waals surface area contributed by atoms with Crippen molar-refractivity contribution in [3.8, 4) is 11.5 Å². The van der Waals surface area contributed by atoms with Crippen LogP contribution in [0.2, 0.25) is 5.02 Å². The van der Waals surface area contributed by atoms with E-state index in [4.69, 9.17) is 21.1 Å². The third-order valence-electron chi connectivity index (χ3n) is 6.05. The zero-order valence-corrected chi connectivity index (χ0v) is 21.4. The van der Waals surface area contributed by atoms with Crippen LogP contribution in [0.4, 0.5) is 5.69 Å². The molecule has 0 amide bonds. The molecule has 2 aromatic carbocycles. The van der Waals surface area contributed by atoms with Crippen molar-refractivity contribution in [2.45, 2.75) is 44.2 Å². The summed E-state index contributed by atoms with van der Waals surface area (Å²) < 4.78 is 10.7. The lowest BCUT2D eigenvalue weighted by Crippen LogP contribution is -2.37. The number of nitrogens with zero attached hydrogens (tertiary/aromatic N) is 1. The van der Waals surface area contributed by atoms with Gasteiger partial charge < -0.3 is 20.1 Å². The number of ether oxygens (including phenoxy) is 2. The lowest BCUT2D eigenvalue weighted by Gasteiger charge is -2.30. The van der Waals surface area contributed by atoms with E-state index >= 15 is 0 Å². The highest BCUT2D eigenvalue weighted by molar-refractivity contribution is 6.31. The molecule has 0 saturated heterocycles. The number of nitrogens with one attached hydrogen (secondary N) is 2. The van der Waals surface area contributed by atoms with E-state index in [-0.39, 0.29) is 24.8 Å². The van der Waals surface area contributed by atoms with Crippen molar-refractivity contribution in [1.82, 2.24) is 10.3 Å². The van der Waals surface area contributed by atoms with Gasteiger partial charge in [0.25, 0.3) is 0 Å². The van der Waals surface area contributed by atoms with Gasteiger partial charge in [-0.1, -0.05) is 11.6 Å². The molecule has 0 atom stereocenters. The van der Waals surface area contributed by atoms with E-state index in [1.807, 2.05) is 30.5 Å². The van der Waals surface area contributed by atoms with Crippen LogP contribution in [0, 0.1) is 0 Å². The molecule has 1 aliphatic carbocycles. The van der Waals surface area contributed by atoms with Crippen molar-refractivity contribution in [2.75, 3.05) is 26.1 Å². The number of hydrogen-bond donors (Lipinski definition) is 2. The Hall–Kier alpha value is -1.92. The molecule has 0 spiro atoms. The fourth-order valence-corrected chi connectivity index (χ4v) is 4.51. The Labute approximate surface area is 213 Å². The van der Waals surface area contributed by atoms with E-state index in [0.29, 0.717) is 12.1 Å². The maximum absolute atomic E-state index is 6.11. The Kier molecular flexibility index (Phi) is 10.8. The smallest absolute Gasteiger partial charge is 0.122 e. The Morgan fingerprint density at radius 3 is 2.24 bits per heavy atom. The first-order valence-electron chi connectivity index (χ1n) is 10.9. The summed E-state index contributed by atoms with van der Waals surface area (Å²) in [6.07, 6.45) is 7.46. The predicted octanol–water partition coefficient (Wildman–Crippen LogP) is 6.30. The molecule has 0 radical (unpaired) electrons. The normalized spacial score (nSPS) is 17.5. The first-order valence-corrected chi connectivity index (χ1v) is 11.3. The van der Waals surface area contributed by atoms with Gasteiger partial charge in [0, 0.05) is 40.4 Å². The van der Waals surface area contributed by atoms with Gasteiger partial charge >= 0.3 is 0 Å². The summed E-state index contributed by atoms with van der Waals surface area (Å²) in [4.78, 5) is 4.44. The molecule has 1 aromatic heterocycles. The molecule has 1 heterocycles. The fraction of sp³-hybridized carbons (Fsp3) is 0.400. The number of benzene rings is 2. The molecule has 33 heavy (non-hydrogen) atoms. The maximum Gasteiger partial charge on any atom is 0.122 e. The Balaban J connectivity index is 0.00000193. The number of halogens is 3. The van der Waals surface area contributed by atoms with Crippen LogP contribution in [0.5, 0.6) is 11.5 Å². The van der Waals surface area contributed by atoms with Gasteiger partial charge in [-0.3, -0.25) is 4.98 Å². The molecule has 180 valence electrons. The summed E-state index contributed by atoms with van der Waals surface area (Å²) in [7, 11) is 3.38. The summed E-state index contributed by atoms with van der Waals surface area (Å²) in [5, 5.41) is 9.31. The second-order valence-corrected chi connectivity index (χ2v) is 8.57. The Morgan fingerprint density at radius 2 is 1.58 bits per heavy atom. The first-order chi connectivity index (χ1) is 15.1. The van der Waals surface area contributed by atoms with Crippen molar-refractivity contribution < 1.29 is 9.47 Å². The summed E-state index contributed by atoms with van der Waals surface area (Å²) in [6.45, 7) is 0.953. The zero-order chi connectivity index (χ0) is 21.6. The summed E-state index contributed by atoms with van der Waals surface area (Å²) in [5.74, 6) is 1.68. The summed E-state index contributed by atoms with van der Waals surface area (Å²) >= 11 is 6.11. The second kappa shape index (κ2) is 13.1. The third-order valence-corrected chi connectivity index (χ3v) is 6.28. The highest BCUT2D eigenvalue weighted by Gasteiger charge is 2.21. The highest BCUT2D eigenvalue weighted by atomic mass is 35.5. The number of pyridine rings is 1. The first kappa shape index (κ1) is 27.3. The maximum atomic E-state index is 6.11. The van der Waals surface area contributed by atoms with E-state index in [9.17, 15) is 0 Å². The standard InChI is InChI=1S/C25H30ClN3O2.2ClH/c1-30-21-13-17(14-22(16-21)31-2)9-11-27-19-4-6-20(7-5-19)29-24-10-12-28-25-15-18(26)3-8-23(24)25;;/h3,8,10,12-16,19-20,27H,4-7,9,11H2,1-2H3,(H,28,29);2*1H. The highest BCUT2D eigenvalue weighted by Crippen LogP contribution is 2.28. The fourth-order valence-electron chi connectivity index (χ4n) is 4.34. The number of methoxy groups -OCH3 is 2. The number of anilines is 1. The molecule has 4 rings (SSSR count). The average Bonchev–Trinajstić information content (AvgIpc) is 2.80. The monoisotopic (exact) mass is 511 g/mol. The van der Waals surface area contributed by atoms with Crippen molar-refractivity contribution in [3.63, 3.8) is 0 Å². The molecule has 1 aliphatic rings. The van der Waals surface area contributed by atoms with Crippen molar-refractivity contribution in [2.24, 2.45) is 0 Å². The van der Waals surface area contributed by atoms with Gasteiger partial charge in [-0.15, -0.1) is 24.8 Å². The van der Waals surface area contributed by atoms with Gasteiger partial charge in [0.05, 0.1) is 19.7 Å². The minimum absolute atomic E-state index is 0. The van der Waals surface area contributed by atoms with Crippen molar-refractivity contribution >= 4 is 53.0 Å². The lowest BCUT2D eigenvalue weighted by molar-refractivity contribution is 0.355. The molecule has 1 saturated carbocycles. The minimum atomic E-state index is 0. The van der Waals surface area contributed by atoms with E-state index in [1.54, 1.807) is 14.2 Å². The minimum Gasteiger partial charge on any atom is -0.497 e. The third kappa shape index (κ3) is 7.28. The van der Waals surface area contributed by atoms with Crippen LogP contribution >= 0.6 is 36.4 Å². The number of fused-ring (bicyclic) bond motifs is 1. The molecule has 0 aliphatic heterocycles. The average molecular weight is 513 g/mol. The van der Waals surface area contributed by atoms with Gasteiger partial charge in [0.15, 0.2) is 0 Å². The Bertz CT molecular complexity index is 1000. The zero-order valence-electron chi connectivity index (χ0n) is 19.0. The van der Waals surface area contributed by atoms with Gasteiger partial charge in [-0.05, 0) is 80.6 Å². The van der Waals surface area contributed by atoms with Crippen LogP contribution in [0.15, 0.2) is 48.7 Å². The lowest BCUT2D eigenvalue weighted by atomic mass is 9.90. The summed E-state index contributed by atoms with van der Waals surface area (Å²) in [6, 6.07) is 15.1. The van der Waals surface area contributed by atoms with Crippen LogP contribution in [0.25, 0.3) is 10.9 Å². The van der Waals surface area contributed by atoms with Crippen molar-refractivity contribution in [3.05, 3.63) is 59.2 Å². The van der Waals surface area contributed by atoms with E-state index in [1.165, 1.54) is 18.4 Å². The molecule has 5 nitrogen and oxygen atoms in total. The van der Waals surface area contributed by atoms with E-state index in [2.05, 4.69) is 33.8 Å². The quantitative estimate of drug-likeness (QED) is 0.371. The molecular formula is C25H32Cl3N3O2. The summed E-state index contributed by atoms with van der Waals surface area (Å²) in [5.41, 5.74) is 3.30. The largest absolute Gasteiger partial charge is 0.497 e. The molecule has 2 N–H and O–H groups in total. The van der Waals surface area contributed by atoms with Gasteiger partial charge in [0.1, 0.15) is 11.5 Å². The molecule has 8 heteroatoms. The molecular weight excluding hydrogens is 481 g/mol. The molecule has 0 bridgehead atoms. The second-order valence-electron chi connectivity index (χ2n) is 8.14. The van der Waals surface area contributed by atoms with E-state index < -0.39 is 0 Å². The van der Waals surface area contributed by atoms with Crippen LogP contribution in [-0.2, 0) is 6.42 Å². The van der Waals surface area contributed by atoms with Crippen LogP contribution in [-0.4, -0.2) is 37.8 Å². The van der Waals surface area contributed by atoms with Crippen LogP contribution in [0.1, 0.15) is 31.2 Å². The van der Waals surface area contributed by atoms with Gasteiger partial charge in [-0.25, -0.2) is 0 Å². The Morgan fingerprint density at radius 1 is 0.909 bits per heavy atom. The van der Waals surface area contributed by atoms with Crippen LogP contribution in [0.3, 0.4) is 0 Å². The molecule has 0 unspecified atom stereocenters. The van der Waals surface area contributed by atoms with Crippen LogP contribution < -0.4 is 20.1 Å². The number of rotatable bonds is 8. The van der Waals surface area contributed by atoms with E-state index in [0.717, 1.165) is 58.9 Å². The number of aromatic nitrogens is 1. The van der Waals surface area contributed by atoms with Gasteiger partial charge in [-0.2, -0.15) is 0 Å². The predicted molar refractivity (Wildman–Crippen MR) is 142 cm³/mol. The number of hydrogen-bond acceptors (Lipinski definition) is 5. The topological polar surface area (TPSA) is 55.4 Å². The molecule has 3 aromatic rings. The SMILES string of the molecule is COc1cc(CCNC2CCC(Nc3ccnc4cc(Cl)ccc34)CC2)cc(OC)c1.Cl.Cl. The molecule has 1 fully saturated rings. The van der Waals surface area contributed by atoms with Gasteiger partial charge in [0.2, 0.25) is 0 Å².